The number of hydrogen-bond acceptors (Lipinski definition) is 6. The van der Waals surface area contributed by atoms with Gasteiger partial charge in [-0.2, -0.15) is 18.3 Å². The first kappa shape index (κ1) is 21.7. The zero-order valence-corrected chi connectivity index (χ0v) is 16.6. The van der Waals surface area contributed by atoms with Crippen LogP contribution in [0.1, 0.15) is 31.1 Å². The van der Waals surface area contributed by atoms with Crippen LogP contribution in [0.15, 0.2) is 42.9 Å². The Labute approximate surface area is 171 Å². The van der Waals surface area contributed by atoms with Gasteiger partial charge in [0.25, 0.3) is 0 Å². The fourth-order valence-corrected chi connectivity index (χ4v) is 2.84. The van der Waals surface area contributed by atoms with Gasteiger partial charge in [-0.25, -0.2) is 9.97 Å². The Morgan fingerprint density at radius 3 is 2.60 bits per heavy atom. The Bertz CT molecular complexity index is 1030. The van der Waals surface area contributed by atoms with E-state index in [2.05, 4.69) is 20.4 Å². The molecular weight excluding hydrogens is 399 g/mol. The van der Waals surface area contributed by atoms with Gasteiger partial charge in [-0.3, -0.25) is 4.68 Å². The summed E-state index contributed by atoms with van der Waals surface area (Å²) in [5.74, 6) is -0.162. The van der Waals surface area contributed by atoms with Crippen molar-refractivity contribution in [2.75, 3.05) is 11.9 Å². The molecule has 160 valence electrons. The van der Waals surface area contributed by atoms with Gasteiger partial charge in [0.05, 0.1) is 18.8 Å². The van der Waals surface area contributed by atoms with Crippen molar-refractivity contribution in [3.8, 4) is 11.1 Å². The highest BCUT2D eigenvalue weighted by atomic mass is 19.4. The summed E-state index contributed by atoms with van der Waals surface area (Å²) in [7, 11) is 0. The predicted molar refractivity (Wildman–Crippen MR) is 105 cm³/mol. The second kappa shape index (κ2) is 8.04. The highest BCUT2D eigenvalue weighted by Crippen LogP contribution is 2.30. The lowest BCUT2D eigenvalue weighted by Gasteiger charge is -2.28. The number of nitrogens with one attached hydrogen (secondary N) is 1. The molecule has 3 N–H and O–H groups in total. The number of alkyl halides is 3. The summed E-state index contributed by atoms with van der Waals surface area (Å²) in [6, 6.07) is 5.74. The largest absolute Gasteiger partial charge is 0.433 e. The van der Waals surface area contributed by atoms with Gasteiger partial charge < -0.3 is 15.5 Å². The van der Waals surface area contributed by atoms with Gasteiger partial charge in [0.15, 0.2) is 0 Å². The number of anilines is 2. The molecule has 2 heterocycles. The van der Waals surface area contributed by atoms with E-state index >= 15 is 0 Å². The van der Waals surface area contributed by atoms with E-state index in [9.17, 15) is 23.4 Å². The maximum absolute atomic E-state index is 12.9. The number of benzene rings is 1. The van der Waals surface area contributed by atoms with Crippen LogP contribution in [0.5, 0.6) is 0 Å². The Morgan fingerprint density at radius 2 is 1.93 bits per heavy atom. The number of aryl methyl sites for hydroxylation is 1. The summed E-state index contributed by atoms with van der Waals surface area (Å²) < 4.78 is 40.2. The number of aliphatic hydroxyl groups excluding tert-OH is 1. The summed E-state index contributed by atoms with van der Waals surface area (Å²) in [5.41, 5.74) is 0.527. The fourth-order valence-electron chi connectivity index (χ4n) is 2.84. The van der Waals surface area contributed by atoms with E-state index in [-0.39, 0.29) is 5.95 Å². The lowest BCUT2D eigenvalue weighted by Crippen LogP contribution is -2.38. The molecule has 2 atom stereocenters. The number of aromatic nitrogens is 4. The molecule has 0 radical (unpaired) electrons. The van der Waals surface area contributed by atoms with E-state index in [0.29, 0.717) is 5.69 Å². The standard InChI is InChI=1S/C20H22F3N5O2/c1-12-6-14(15-9-25-28(10-15)13(2)19(3,30)11-29)8-16(7-12)26-18-24-5-4-17(27-18)20(21,22)23/h4-10,13,29-30H,11H2,1-3H3,(H,24,26,27)/t13-,19-/m0/s1. The van der Waals surface area contributed by atoms with Crippen LogP contribution in [-0.2, 0) is 6.18 Å². The average Bonchev–Trinajstić information content (AvgIpc) is 3.16. The Balaban J connectivity index is 1.88. The molecule has 3 aromatic rings. The molecule has 0 amide bonds. The maximum atomic E-state index is 12.9. The van der Waals surface area contributed by atoms with E-state index in [1.165, 1.54) is 6.92 Å². The van der Waals surface area contributed by atoms with Crippen molar-refractivity contribution < 1.29 is 23.4 Å². The van der Waals surface area contributed by atoms with Gasteiger partial charge in [-0.1, -0.05) is 6.07 Å². The Kier molecular flexibility index (Phi) is 5.82. The molecule has 0 fully saturated rings. The van der Waals surface area contributed by atoms with E-state index < -0.39 is 30.1 Å². The van der Waals surface area contributed by atoms with Crippen molar-refractivity contribution in [2.24, 2.45) is 0 Å². The first-order valence-electron chi connectivity index (χ1n) is 9.16. The summed E-state index contributed by atoms with van der Waals surface area (Å²) >= 11 is 0. The molecule has 0 saturated carbocycles. The van der Waals surface area contributed by atoms with Gasteiger partial charge in [-0.05, 0) is 50.1 Å². The molecule has 0 aliphatic heterocycles. The van der Waals surface area contributed by atoms with Gasteiger partial charge in [-0.15, -0.1) is 0 Å². The summed E-state index contributed by atoms with van der Waals surface area (Å²) in [6.45, 7) is 4.69. The molecule has 1 aromatic carbocycles. The first-order chi connectivity index (χ1) is 14.0. The van der Waals surface area contributed by atoms with Crippen molar-refractivity contribution in [1.82, 2.24) is 19.7 Å². The molecule has 3 rings (SSSR count). The Morgan fingerprint density at radius 1 is 1.20 bits per heavy atom. The van der Waals surface area contributed by atoms with Crippen LogP contribution in [0.25, 0.3) is 11.1 Å². The molecule has 7 nitrogen and oxygen atoms in total. The molecule has 30 heavy (non-hydrogen) atoms. The van der Waals surface area contributed by atoms with Crippen molar-refractivity contribution in [1.29, 1.82) is 0 Å². The van der Waals surface area contributed by atoms with Crippen molar-refractivity contribution >= 4 is 11.6 Å². The summed E-state index contributed by atoms with van der Waals surface area (Å²) in [4.78, 5) is 7.37. The molecule has 0 unspecified atom stereocenters. The molecule has 0 aliphatic rings. The van der Waals surface area contributed by atoms with Gasteiger partial charge in [0.1, 0.15) is 11.3 Å². The normalized spacial score (nSPS) is 14.9. The van der Waals surface area contributed by atoms with E-state index in [1.54, 1.807) is 36.1 Å². The zero-order valence-electron chi connectivity index (χ0n) is 16.6. The van der Waals surface area contributed by atoms with Gasteiger partial charge >= 0.3 is 6.18 Å². The molecular formula is C20H22F3N5O2. The van der Waals surface area contributed by atoms with Crippen LogP contribution < -0.4 is 5.32 Å². The van der Waals surface area contributed by atoms with Crippen LogP contribution in [0.2, 0.25) is 0 Å². The minimum absolute atomic E-state index is 0.162. The quantitative estimate of drug-likeness (QED) is 0.562. The Hall–Kier alpha value is -2.98. The van der Waals surface area contributed by atoms with E-state index in [0.717, 1.165) is 29.0 Å². The minimum atomic E-state index is -4.56. The lowest BCUT2D eigenvalue weighted by atomic mass is 9.99. The van der Waals surface area contributed by atoms with Crippen molar-refractivity contribution in [2.45, 2.75) is 38.6 Å². The second-order valence-corrected chi connectivity index (χ2v) is 7.38. The number of hydrogen-bond donors (Lipinski definition) is 3. The van der Waals surface area contributed by atoms with Crippen LogP contribution in [0, 0.1) is 6.92 Å². The molecule has 0 aliphatic carbocycles. The summed E-state index contributed by atoms with van der Waals surface area (Å²) in [6.07, 6.45) is -0.164. The average molecular weight is 421 g/mol. The molecule has 0 bridgehead atoms. The van der Waals surface area contributed by atoms with E-state index in [1.807, 2.05) is 13.0 Å². The third-order valence-corrected chi connectivity index (χ3v) is 4.83. The highest BCUT2D eigenvalue weighted by molar-refractivity contribution is 5.70. The first-order valence-corrected chi connectivity index (χ1v) is 9.16. The third-order valence-electron chi connectivity index (χ3n) is 4.83. The van der Waals surface area contributed by atoms with Gasteiger partial charge in [0.2, 0.25) is 5.95 Å². The number of nitrogens with zero attached hydrogens (tertiary/aromatic N) is 4. The van der Waals surface area contributed by atoms with Crippen LogP contribution in [-0.4, -0.2) is 42.2 Å². The van der Waals surface area contributed by atoms with Crippen LogP contribution in [0.4, 0.5) is 24.8 Å². The zero-order chi connectivity index (χ0) is 22.1. The topological polar surface area (TPSA) is 96.1 Å². The number of halogens is 3. The second-order valence-electron chi connectivity index (χ2n) is 7.38. The van der Waals surface area contributed by atoms with E-state index in [4.69, 9.17) is 0 Å². The number of rotatable bonds is 6. The highest BCUT2D eigenvalue weighted by Gasteiger charge is 2.33. The lowest BCUT2D eigenvalue weighted by molar-refractivity contribution is -0.141. The maximum Gasteiger partial charge on any atom is 0.433 e. The van der Waals surface area contributed by atoms with Crippen molar-refractivity contribution in [3.63, 3.8) is 0 Å². The fraction of sp³-hybridized carbons (Fsp3) is 0.350. The predicted octanol–water partition coefficient (Wildman–Crippen LogP) is 3.72. The molecule has 10 heteroatoms. The molecule has 2 aromatic heterocycles. The van der Waals surface area contributed by atoms with Crippen LogP contribution >= 0.6 is 0 Å². The molecule has 0 saturated heterocycles. The van der Waals surface area contributed by atoms with Gasteiger partial charge in [0, 0.05) is 23.6 Å². The molecule has 0 spiro atoms. The number of aliphatic hydroxyl groups is 2. The minimum Gasteiger partial charge on any atom is -0.393 e. The SMILES string of the molecule is Cc1cc(Nc2nccc(C(F)(F)F)n2)cc(-c2cnn([C@@H](C)[C@@](C)(O)CO)c2)c1. The monoisotopic (exact) mass is 421 g/mol. The van der Waals surface area contributed by atoms with Crippen molar-refractivity contribution in [3.05, 3.63) is 54.1 Å². The third kappa shape index (κ3) is 4.77. The smallest absolute Gasteiger partial charge is 0.393 e. The van der Waals surface area contributed by atoms with Crippen LogP contribution in [0.3, 0.4) is 0 Å². The summed E-state index contributed by atoms with van der Waals surface area (Å²) in [5, 5.41) is 26.7.